The Labute approximate surface area is 205 Å². The maximum Gasteiger partial charge on any atom is 0.180 e. The van der Waals surface area contributed by atoms with Gasteiger partial charge < -0.3 is 23.7 Å². The lowest BCUT2D eigenvalue weighted by molar-refractivity contribution is -0.214. The van der Waals surface area contributed by atoms with Crippen molar-refractivity contribution in [2.45, 2.75) is 109 Å². The van der Waals surface area contributed by atoms with E-state index in [0.29, 0.717) is 55.0 Å². The fourth-order valence-electron chi connectivity index (χ4n) is 9.08. The topological polar surface area (TPSA) is 61.1 Å². The normalized spacial score (nSPS) is 44.0. The van der Waals surface area contributed by atoms with Gasteiger partial charge in [-0.3, -0.25) is 0 Å². The first-order valence-electron chi connectivity index (χ1n) is 13.9. The summed E-state index contributed by atoms with van der Waals surface area (Å²) < 4.78 is 23.1. The zero-order valence-corrected chi connectivity index (χ0v) is 21.8. The number of fused-ring (bicyclic) bond motifs is 5. The van der Waals surface area contributed by atoms with Gasteiger partial charge in [-0.2, -0.15) is 0 Å². The molecule has 1 heterocycles. The summed E-state index contributed by atoms with van der Waals surface area (Å²) in [5.41, 5.74) is 0.996. The summed E-state index contributed by atoms with van der Waals surface area (Å²) in [7, 11) is 0. The lowest BCUT2D eigenvalue weighted by Gasteiger charge is -2.63. The molecule has 0 aromatic carbocycles. The minimum absolute atomic E-state index is 0.0465. The molecule has 0 amide bonds. The second-order valence-electron chi connectivity index (χ2n) is 12.1. The smallest absolute Gasteiger partial charge is 0.180 e. The van der Waals surface area contributed by atoms with Crippen LogP contribution in [0.2, 0.25) is 0 Å². The molecule has 0 spiro atoms. The molecule has 0 saturated heterocycles. The molecule has 5 nitrogen and oxygen atoms in total. The van der Waals surface area contributed by atoms with Crippen LogP contribution in [0.1, 0.15) is 97.0 Å². The summed E-state index contributed by atoms with van der Waals surface area (Å²) in [4.78, 5) is 0. The van der Waals surface area contributed by atoms with Gasteiger partial charge in [-0.1, -0.05) is 13.8 Å². The van der Waals surface area contributed by atoms with Crippen molar-refractivity contribution in [1.29, 1.82) is 0 Å². The molecule has 0 aliphatic heterocycles. The molecule has 1 aromatic rings. The van der Waals surface area contributed by atoms with Crippen LogP contribution in [0, 0.1) is 28.6 Å². The highest BCUT2D eigenvalue weighted by Crippen LogP contribution is 2.70. The number of furan rings is 1. The SMILES string of the molecule is CCOC(CO[C@H]1CC[C@@]2(C)[C@H](CC[C@@H]3[C@@H]2CC[C@]2(C)[C@@H](c4ccoc4)CC[C@]32O)C1)OCC. The molecule has 4 fully saturated rings. The first kappa shape index (κ1) is 24.8. The van der Waals surface area contributed by atoms with Crippen LogP contribution in [0.4, 0.5) is 0 Å². The number of rotatable bonds is 8. The van der Waals surface area contributed by atoms with E-state index in [1.165, 1.54) is 24.8 Å². The highest BCUT2D eigenvalue weighted by Gasteiger charge is 2.67. The van der Waals surface area contributed by atoms with Crippen molar-refractivity contribution in [2.24, 2.45) is 28.6 Å². The van der Waals surface area contributed by atoms with E-state index in [0.717, 1.165) is 38.5 Å². The maximum absolute atomic E-state index is 12.4. The standard InChI is InChI=1S/C29H46O5/c1-5-32-26(33-6-2)19-34-22-9-13-27(3)21(17-22)7-8-25-24(27)10-14-28(4)23(11-15-29(25,28)30)20-12-16-31-18-20/h12,16,18,21-26,30H,5-11,13-15,17,19H2,1-4H3/t21-,22+,23-,24+,25-,27+,28-,29+/m1/s1. The van der Waals surface area contributed by atoms with Gasteiger partial charge in [0.2, 0.25) is 0 Å². The summed E-state index contributed by atoms with van der Waals surface area (Å²) in [5, 5.41) is 12.4. The molecule has 192 valence electrons. The molecule has 4 saturated carbocycles. The number of hydrogen-bond acceptors (Lipinski definition) is 5. The summed E-state index contributed by atoms with van der Waals surface area (Å²) in [5.74, 6) is 2.13. The van der Waals surface area contributed by atoms with Crippen LogP contribution in [-0.4, -0.2) is 42.9 Å². The van der Waals surface area contributed by atoms with Gasteiger partial charge in [0.15, 0.2) is 6.29 Å². The minimum Gasteiger partial charge on any atom is -0.472 e. The van der Waals surface area contributed by atoms with E-state index in [4.69, 9.17) is 18.6 Å². The van der Waals surface area contributed by atoms with Crippen LogP contribution in [0.5, 0.6) is 0 Å². The van der Waals surface area contributed by atoms with Crippen LogP contribution < -0.4 is 0 Å². The molecular formula is C29H46O5. The minimum atomic E-state index is -0.554. The van der Waals surface area contributed by atoms with Crippen molar-refractivity contribution in [3.8, 4) is 0 Å². The largest absolute Gasteiger partial charge is 0.472 e. The molecule has 8 atom stereocenters. The van der Waals surface area contributed by atoms with Gasteiger partial charge in [-0.05, 0) is 112 Å². The average Bonchev–Trinajstić information content (AvgIpc) is 3.43. The summed E-state index contributed by atoms with van der Waals surface area (Å²) in [6.45, 7) is 10.7. The zero-order chi connectivity index (χ0) is 24.0. The highest BCUT2D eigenvalue weighted by molar-refractivity contribution is 5.26. The molecule has 5 rings (SSSR count). The van der Waals surface area contributed by atoms with Crippen LogP contribution in [-0.2, 0) is 14.2 Å². The van der Waals surface area contributed by atoms with E-state index < -0.39 is 5.60 Å². The Kier molecular flexibility index (Phi) is 6.95. The van der Waals surface area contributed by atoms with Crippen molar-refractivity contribution < 1.29 is 23.7 Å². The van der Waals surface area contributed by atoms with E-state index in [1.807, 2.05) is 20.1 Å². The first-order valence-corrected chi connectivity index (χ1v) is 13.9. The first-order chi connectivity index (χ1) is 16.4. The number of hydrogen-bond donors (Lipinski definition) is 1. The Balaban J connectivity index is 1.27. The third-order valence-corrected chi connectivity index (χ3v) is 10.9. The van der Waals surface area contributed by atoms with Crippen molar-refractivity contribution in [1.82, 2.24) is 0 Å². The zero-order valence-electron chi connectivity index (χ0n) is 21.8. The molecule has 4 aliphatic carbocycles. The van der Waals surface area contributed by atoms with Crippen molar-refractivity contribution in [3.05, 3.63) is 24.2 Å². The molecule has 0 unspecified atom stereocenters. The van der Waals surface area contributed by atoms with Gasteiger partial charge in [-0.25, -0.2) is 0 Å². The second-order valence-corrected chi connectivity index (χ2v) is 12.1. The monoisotopic (exact) mass is 474 g/mol. The van der Waals surface area contributed by atoms with E-state index >= 15 is 0 Å². The van der Waals surface area contributed by atoms with Crippen molar-refractivity contribution >= 4 is 0 Å². The van der Waals surface area contributed by atoms with Gasteiger partial charge in [0.1, 0.15) is 0 Å². The Hall–Kier alpha value is -0.880. The number of aliphatic hydroxyl groups is 1. The lowest BCUT2D eigenvalue weighted by atomic mass is 9.43. The van der Waals surface area contributed by atoms with E-state index in [1.54, 1.807) is 6.26 Å². The third-order valence-electron chi connectivity index (χ3n) is 10.9. The van der Waals surface area contributed by atoms with Crippen LogP contribution >= 0.6 is 0 Å². The quantitative estimate of drug-likeness (QED) is 0.448. The summed E-state index contributed by atoms with van der Waals surface area (Å²) in [6, 6.07) is 2.12. The fourth-order valence-corrected chi connectivity index (χ4v) is 9.08. The average molecular weight is 475 g/mol. The molecule has 34 heavy (non-hydrogen) atoms. The van der Waals surface area contributed by atoms with Crippen LogP contribution in [0.25, 0.3) is 0 Å². The third kappa shape index (κ3) is 3.90. The molecule has 0 bridgehead atoms. The van der Waals surface area contributed by atoms with Crippen LogP contribution in [0.15, 0.2) is 23.0 Å². The van der Waals surface area contributed by atoms with E-state index in [2.05, 4.69) is 19.9 Å². The van der Waals surface area contributed by atoms with Gasteiger partial charge in [0, 0.05) is 18.6 Å². The summed E-state index contributed by atoms with van der Waals surface area (Å²) in [6.07, 6.45) is 13.9. The van der Waals surface area contributed by atoms with Crippen LogP contribution in [0.3, 0.4) is 0 Å². The highest BCUT2D eigenvalue weighted by atomic mass is 16.7. The number of ether oxygens (including phenoxy) is 3. The lowest BCUT2D eigenvalue weighted by Crippen LogP contribution is -2.62. The predicted octanol–water partition coefficient (Wildman–Crippen LogP) is 6.31. The van der Waals surface area contributed by atoms with Gasteiger partial charge in [-0.15, -0.1) is 0 Å². The fraction of sp³-hybridized carbons (Fsp3) is 0.862. The van der Waals surface area contributed by atoms with Gasteiger partial charge >= 0.3 is 0 Å². The Morgan fingerprint density at radius 1 is 1.00 bits per heavy atom. The van der Waals surface area contributed by atoms with E-state index in [-0.39, 0.29) is 11.7 Å². The Morgan fingerprint density at radius 3 is 2.50 bits per heavy atom. The van der Waals surface area contributed by atoms with Gasteiger partial charge in [0.25, 0.3) is 0 Å². The Bertz CT molecular complexity index is 803. The molecule has 1 N–H and O–H groups in total. The van der Waals surface area contributed by atoms with E-state index in [9.17, 15) is 5.11 Å². The van der Waals surface area contributed by atoms with Crippen molar-refractivity contribution in [3.63, 3.8) is 0 Å². The van der Waals surface area contributed by atoms with Crippen molar-refractivity contribution in [2.75, 3.05) is 19.8 Å². The Morgan fingerprint density at radius 2 is 1.79 bits per heavy atom. The molecule has 1 aromatic heterocycles. The van der Waals surface area contributed by atoms with Gasteiger partial charge in [0.05, 0.1) is 30.8 Å². The predicted molar refractivity (Wildman–Crippen MR) is 131 cm³/mol. The molecule has 0 radical (unpaired) electrons. The second kappa shape index (κ2) is 9.53. The summed E-state index contributed by atoms with van der Waals surface area (Å²) >= 11 is 0. The molecular weight excluding hydrogens is 428 g/mol. The molecule has 4 aliphatic rings. The maximum atomic E-state index is 12.4. The molecule has 5 heteroatoms.